The highest BCUT2D eigenvalue weighted by Crippen LogP contribution is 2.06. The summed E-state index contributed by atoms with van der Waals surface area (Å²) in [6.45, 7) is 0.946. The molecule has 0 aliphatic rings. The van der Waals surface area contributed by atoms with E-state index in [1.807, 2.05) is 38.4 Å². The van der Waals surface area contributed by atoms with E-state index in [-0.39, 0.29) is 0 Å². The topological polar surface area (TPSA) is 24.1 Å². The Labute approximate surface area is 85.7 Å². The Balaban J connectivity index is 2.53. The lowest BCUT2D eigenvalue weighted by atomic mass is 10.2. The second-order valence-corrected chi connectivity index (χ2v) is 2.98. The summed E-state index contributed by atoms with van der Waals surface area (Å²) in [5.41, 5.74) is 2.19. The van der Waals surface area contributed by atoms with Gasteiger partial charge in [-0.2, -0.15) is 0 Å². The Morgan fingerprint density at radius 2 is 1.86 bits per heavy atom. The molecule has 0 unspecified atom stereocenters. The van der Waals surface area contributed by atoms with Crippen LogP contribution in [-0.4, -0.2) is 20.6 Å². The molecule has 1 aromatic carbocycles. The summed E-state index contributed by atoms with van der Waals surface area (Å²) in [4.78, 5) is 0. The van der Waals surface area contributed by atoms with E-state index in [1.165, 1.54) is 0 Å². The fourth-order valence-electron chi connectivity index (χ4n) is 1.07. The van der Waals surface area contributed by atoms with E-state index < -0.39 is 0 Å². The highest BCUT2D eigenvalue weighted by atomic mass is 14.8. The van der Waals surface area contributed by atoms with Gasteiger partial charge in [-0.05, 0) is 31.3 Å². The molecule has 0 radical (unpaired) electrons. The largest absolute Gasteiger partial charge is 0.388 e. The minimum Gasteiger partial charge on any atom is -0.388 e. The number of rotatable bonds is 3. The van der Waals surface area contributed by atoms with Crippen molar-refractivity contribution in [1.29, 1.82) is 0 Å². The van der Waals surface area contributed by atoms with Crippen LogP contribution in [0, 0.1) is 11.8 Å². The molecule has 0 aliphatic carbocycles. The van der Waals surface area contributed by atoms with Gasteiger partial charge in [-0.1, -0.05) is 11.8 Å². The van der Waals surface area contributed by atoms with Gasteiger partial charge >= 0.3 is 0 Å². The van der Waals surface area contributed by atoms with Gasteiger partial charge in [-0.25, -0.2) is 0 Å². The van der Waals surface area contributed by atoms with Crippen molar-refractivity contribution in [3.05, 3.63) is 29.8 Å². The van der Waals surface area contributed by atoms with Gasteiger partial charge < -0.3 is 10.6 Å². The summed E-state index contributed by atoms with van der Waals surface area (Å²) >= 11 is 0. The molecule has 2 N–H and O–H groups in total. The molecular weight excluding hydrogens is 172 g/mol. The molecule has 14 heavy (non-hydrogen) atoms. The Morgan fingerprint density at radius 1 is 1.14 bits per heavy atom. The van der Waals surface area contributed by atoms with Gasteiger partial charge in [0.05, 0.1) is 0 Å². The van der Waals surface area contributed by atoms with Gasteiger partial charge in [0, 0.05) is 31.3 Å². The van der Waals surface area contributed by atoms with E-state index >= 15 is 0 Å². The Hall–Kier alpha value is -1.46. The highest BCUT2D eigenvalue weighted by Gasteiger charge is 1.87. The normalized spacial score (nSPS) is 9.00. The van der Waals surface area contributed by atoms with E-state index in [1.54, 1.807) is 0 Å². The molecule has 2 nitrogen and oxygen atoms in total. The van der Waals surface area contributed by atoms with Crippen LogP contribution in [0.4, 0.5) is 5.69 Å². The summed E-state index contributed by atoms with van der Waals surface area (Å²) in [6.07, 6.45) is 0.893. The molecule has 0 saturated carbocycles. The van der Waals surface area contributed by atoms with Crippen LogP contribution < -0.4 is 10.6 Å². The predicted molar refractivity (Wildman–Crippen MR) is 61.4 cm³/mol. The molecule has 0 saturated heterocycles. The summed E-state index contributed by atoms with van der Waals surface area (Å²) in [7, 11) is 3.84. The smallest absolute Gasteiger partial charge is 0.0338 e. The standard InChI is InChI=1S/C12H16N2/c1-13-10-4-3-5-11-6-8-12(14-2)9-7-11/h6-9,13-14H,4,10H2,1-2H3. The first-order chi connectivity index (χ1) is 6.86. The van der Waals surface area contributed by atoms with E-state index in [9.17, 15) is 0 Å². The lowest BCUT2D eigenvalue weighted by molar-refractivity contribution is 0.818. The quantitative estimate of drug-likeness (QED) is 0.557. The molecular formula is C12H16N2. The average Bonchev–Trinajstić information content (AvgIpc) is 2.25. The van der Waals surface area contributed by atoms with E-state index in [0.29, 0.717) is 0 Å². The third-order valence-electron chi connectivity index (χ3n) is 1.91. The zero-order chi connectivity index (χ0) is 10.2. The molecule has 74 valence electrons. The fourth-order valence-corrected chi connectivity index (χ4v) is 1.07. The molecule has 0 bridgehead atoms. The average molecular weight is 188 g/mol. The first-order valence-electron chi connectivity index (χ1n) is 4.78. The minimum atomic E-state index is 0.893. The second-order valence-electron chi connectivity index (χ2n) is 2.98. The molecule has 1 rings (SSSR count). The van der Waals surface area contributed by atoms with Gasteiger partial charge in [0.15, 0.2) is 0 Å². The van der Waals surface area contributed by atoms with Gasteiger partial charge in [0.25, 0.3) is 0 Å². The summed E-state index contributed by atoms with van der Waals surface area (Å²) < 4.78 is 0. The van der Waals surface area contributed by atoms with Crippen LogP contribution in [0.25, 0.3) is 0 Å². The number of benzene rings is 1. The van der Waals surface area contributed by atoms with Crippen LogP contribution >= 0.6 is 0 Å². The lowest BCUT2D eigenvalue weighted by Crippen LogP contribution is -2.05. The SMILES string of the molecule is CNCCC#Cc1ccc(NC)cc1. The second kappa shape index (κ2) is 6.06. The predicted octanol–water partition coefficient (Wildman–Crippen LogP) is 1.69. The molecule has 0 amide bonds. The van der Waals surface area contributed by atoms with Crippen molar-refractivity contribution in [1.82, 2.24) is 5.32 Å². The van der Waals surface area contributed by atoms with Crippen molar-refractivity contribution < 1.29 is 0 Å². The first kappa shape index (κ1) is 10.6. The molecule has 0 spiro atoms. The zero-order valence-corrected chi connectivity index (χ0v) is 8.72. The van der Waals surface area contributed by atoms with Crippen molar-refractivity contribution in [2.24, 2.45) is 0 Å². The van der Waals surface area contributed by atoms with Crippen molar-refractivity contribution in [2.75, 3.05) is 26.0 Å². The fraction of sp³-hybridized carbons (Fsp3) is 0.333. The number of hydrogen-bond acceptors (Lipinski definition) is 2. The summed E-state index contributed by atoms with van der Waals surface area (Å²) in [6, 6.07) is 8.11. The van der Waals surface area contributed by atoms with Crippen LogP contribution in [0.1, 0.15) is 12.0 Å². The molecule has 0 atom stereocenters. The van der Waals surface area contributed by atoms with E-state index in [0.717, 1.165) is 24.2 Å². The number of nitrogens with one attached hydrogen (secondary N) is 2. The van der Waals surface area contributed by atoms with Crippen LogP contribution in [0.5, 0.6) is 0 Å². The Kier molecular flexibility index (Phi) is 4.60. The van der Waals surface area contributed by atoms with Crippen molar-refractivity contribution in [3.8, 4) is 11.8 Å². The maximum atomic E-state index is 3.11. The summed E-state index contributed by atoms with van der Waals surface area (Å²) in [5, 5.41) is 6.13. The molecule has 0 aliphatic heterocycles. The van der Waals surface area contributed by atoms with Crippen molar-refractivity contribution in [3.63, 3.8) is 0 Å². The van der Waals surface area contributed by atoms with Gasteiger partial charge in [-0.15, -0.1) is 0 Å². The summed E-state index contributed by atoms with van der Waals surface area (Å²) in [5.74, 6) is 6.22. The Morgan fingerprint density at radius 3 is 2.43 bits per heavy atom. The van der Waals surface area contributed by atoms with Crippen molar-refractivity contribution in [2.45, 2.75) is 6.42 Å². The van der Waals surface area contributed by atoms with E-state index in [4.69, 9.17) is 0 Å². The maximum Gasteiger partial charge on any atom is 0.0338 e. The number of anilines is 1. The van der Waals surface area contributed by atoms with Gasteiger partial charge in [0.1, 0.15) is 0 Å². The monoisotopic (exact) mass is 188 g/mol. The zero-order valence-electron chi connectivity index (χ0n) is 8.72. The van der Waals surface area contributed by atoms with Gasteiger partial charge in [0.2, 0.25) is 0 Å². The van der Waals surface area contributed by atoms with Crippen LogP contribution in [-0.2, 0) is 0 Å². The first-order valence-corrected chi connectivity index (χ1v) is 4.78. The molecule has 2 heteroatoms. The third-order valence-corrected chi connectivity index (χ3v) is 1.91. The van der Waals surface area contributed by atoms with Crippen LogP contribution in [0.2, 0.25) is 0 Å². The highest BCUT2D eigenvalue weighted by molar-refractivity contribution is 5.47. The van der Waals surface area contributed by atoms with Crippen LogP contribution in [0.15, 0.2) is 24.3 Å². The maximum absolute atomic E-state index is 3.11. The molecule has 0 fully saturated rings. The van der Waals surface area contributed by atoms with Crippen molar-refractivity contribution >= 4 is 5.69 Å². The molecule has 0 heterocycles. The molecule has 0 aromatic heterocycles. The molecule has 1 aromatic rings. The van der Waals surface area contributed by atoms with E-state index in [2.05, 4.69) is 22.5 Å². The Bertz CT molecular complexity index is 316. The van der Waals surface area contributed by atoms with Crippen LogP contribution in [0.3, 0.4) is 0 Å². The van der Waals surface area contributed by atoms with Gasteiger partial charge in [-0.3, -0.25) is 0 Å². The third kappa shape index (κ3) is 3.51. The minimum absolute atomic E-state index is 0.893. The lowest BCUT2D eigenvalue weighted by Gasteiger charge is -1.97. The number of hydrogen-bond donors (Lipinski definition) is 2.